The first-order valence-electron chi connectivity index (χ1n) is 32.9. The summed E-state index contributed by atoms with van der Waals surface area (Å²) < 4.78 is 16.8. The van der Waals surface area contributed by atoms with Gasteiger partial charge in [0, 0.05) is 19.3 Å². The van der Waals surface area contributed by atoms with E-state index >= 15 is 0 Å². The fourth-order valence-electron chi connectivity index (χ4n) is 8.21. The van der Waals surface area contributed by atoms with Crippen LogP contribution in [0.2, 0.25) is 0 Å². The van der Waals surface area contributed by atoms with Crippen LogP contribution in [0.1, 0.15) is 252 Å². The number of carbonyl (C=O) groups excluding carboxylic acids is 3. The lowest BCUT2D eigenvalue weighted by Crippen LogP contribution is -2.30. The number of hydrogen-bond acceptors (Lipinski definition) is 6. The lowest BCUT2D eigenvalue weighted by Gasteiger charge is -2.18. The summed E-state index contributed by atoms with van der Waals surface area (Å²) in [7, 11) is 0. The van der Waals surface area contributed by atoms with Crippen LogP contribution in [0.25, 0.3) is 0 Å². The smallest absolute Gasteiger partial charge is 0.306 e. The molecule has 83 heavy (non-hydrogen) atoms. The summed E-state index contributed by atoms with van der Waals surface area (Å²) in [5.41, 5.74) is 0. The first-order chi connectivity index (χ1) is 41.0. The van der Waals surface area contributed by atoms with Crippen molar-refractivity contribution in [2.24, 2.45) is 0 Å². The Bertz CT molecular complexity index is 1990. The Morgan fingerprint density at radius 2 is 0.482 bits per heavy atom. The number of rotatable bonds is 57. The number of hydrogen-bond donors (Lipinski definition) is 0. The molecule has 0 aromatic heterocycles. The first-order valence-corrected chi connectivity index (χ1v) is 32.9. The van der Waals surface area contributed by atoms with Crippen molar-refractivity contribution in [3.63, 3.8) is 0 Å². The van der Waals surface area contributed by atoms with Gasteiger partial charge in [0.1, 0.15) is 13.2 Å². The molecule has 0 saturated heterocycles. The van der Waals surface area contributed by atoms with Gasteiger partial charge < -0.3 is 14.2 Å². The Morgan fingerprint density at radius 1 is 0.253 bits per heavy atom. The van der Waals surface area contributed by atoms with Crippen LogP contribution in [-0.2, 0) is 28.6 Å². The minimum absolute atomic E-state index is 0.124. The van der Waals surface area contributed by atoms with Crippen LogP contribution < -0.4 is 0 Å². The van der Waals surface area contributed by atoms with Crippen molar-refractivity contribution in [1.29, 1.82) is 0 Å². The third-order valence-corrected chi connectivity index (χ3v) is 13.1. The van der Waals surface area contributed by atoms with Crippen LogP contribution in [0.15, 0.2) is 194 Å². The zero-order valence-corrected chi connectivity index (χ0v) is 52.9. The largest absolute Gasteiger partial charge is 0.462 e. The van der Waals surface area contributed by atoms with E-state index in [0.717, 1.165) is 180 Å². The fourth-order valence-corrected chi connectivity index (χ4v) is 8.21. The monoisotopic (exact) mass is 1140 g/mol. The summed E-state index contributed by atoms with van der Waals surface area (Å²) in [6, 6.07) is 0. The van der Waals surface area contributed by atoms with E-state index in [1.54, 1.807) is 0 Å². The summed E-state index contributed by atoms with van der Waals surface area (Å²) >= 11 is 0. The van der Waals surface area contributed by atoms with Crippen molar-refractivity contribution < 1.29 is 28.6 Å². The van der Waals surface area contributed by atoms with Gasteiger partial charge in [-0.2, -0.15) is 0 Å². The van der Waals surface area contributed by atoms with Crippen molar-refractivity contribution in [3.05, 3.63) is 194 Å². The molecule has 0 fully saturated rings. The second-order valence-electron chi connectivity index (χ2n) is 20.9. The molecule has 1 atom stereocenters. The lowest BCUT2D eigenvalue weighted by molar-refractivity contribution is -0.167. The summed E-state index contributed by atoms with van der Waals surface area (Å²) in [6.07, 6.45) is 104. The van der Waals surface area contributed by atoms with Crippen LogP contribution in [0.5, 0.6) is 0 Å². The van der Waals surface area contributed by atoms with E-state index < -0.39 is 6.10 Å². The van der Waals surface area contributed by atoms with E-state index in [1.165, 1.54) is 25.7 Å². The molecule has 1 unspecified atom stereocenters. The second-order valence-corrected chi connectivity index (χ2v) is 20.9. The minimum Gasteiger partial charge on any atom is -0.462 e. The molecule has 6 heteroatoms. The highest BCUT2D eigenvalue weighted by molar-refractivity contribution is 5.71. The molecule has 0 aromatic carbocycles. The molecule has 0 heterocycles. The first kappa shape index (κ1) is 77.2. The highest BCUT2D eigenvalue weighted by Crippen LogP contribution is 2.13. The number of carbonyl (C=O) groups is 3. The highest BCUT2D eigenvalue weighted by atomic mass is 16.6. The normalized spacial score (nSPS) is 13.4. The minimum atomic E-state index is -0.835. The van der Waals surface area contributed by atoms with Gasteiger partial charge in [-0.15, -0.1) is 0 Å². The standard InChI is InChI=1S/C77H118O6/c1-4-7-10-13-16-19-22-25-28-30-31-32-33-34-35-36-37-38-39-40-41-42-43-44-45-47-49-52-55-58-61-64-67-70-76(79)82-73-74(72-81-75(78)69-66-63-60-57-54-51-48-27-24-21-18-15-12-9-6-3)83-77(80)71-68-65-62-59-56-53-50-46-29-26-23-20-17-14-11-8-5-2/h7-8,10-11,16-21,25-29,31-32,34-35,37-38,40-41,43-44,47-50,53,59,62,74H,4-6,9,12-15,22-24,30,33,36,39,42,45-46,51-52,54-58,60-61,63-73H2,1-3H3/b10-7-,11-8-,19-16-,20-17-,21-18-,28-25-,29-26-,32-31-,35-34-,38-37-,41-40-,44-43-,48-27-,49-47-,53-50-,62-59-. The van der Waals surface area contributed by atoms with Gasteiger partial charge in [0.05, 0.1) is 0 Å². The topological polar surface area (TPSA) is 78.9 Å². The van der Waals surface area contributed by atoms with E-state index in [0.29, 0.717) is 19.3 Å². The molecule has 0 spiro atoms. The molecule has 0 aromatic rings. The van der Waals surface area contributed by atoms with Crippen LogP contribution in [-0.4, -0.2) is 37.2 Å². The van der Waals surface area contributed by atoms with Crippen molar-refractivity contribution in [2.45, 2.75) is 258 Å². The number of ether oxygens (including phenoxy) is 3. The van der Waals surface area contributed by atoms with Crippen LogP contribution >= 0.6 is 0 Å². The Balaban J connectivity index is 4.45. The molecule has 0 saturated carbocycles. The summed E-state index contributed by atoms with van der Waals surface area (Å²) in [4.78, 5) is 38.3. The fraction of sp³-hybridized carbons (Fsp3) is 0.545. The summed E-state index contributed by atoms with van der Waals surface area (Å²) in [6.45, 7) is 6.29. The summed E-state index contributed by atoms with van der Waals surface area (Å²) in [5, 5.41) is 0. The van der Waals surface area contributed by atoms with Gasteiger partial charge in [-0.05, 0) is 161 Å². The lowest BCUT2D eigenvalue weighted by atomic mass is 10.1. The Morgan fingerprint density at radius 3 is 0.771 bits per heavy atom. The molecule has 0 N–H and O–H groups in total. The molecule has 0 aliphatic rings. The maximum Gasteiger partial charge on any atom is 0.306 e. The number of unbranched alkanes of at least 4 members (excludes halogenated alkanes) is 14. The van der Waals surface area contributed by atoms with Crippen molar-refractivity contribution in [1.82, 2.24) is 0 Å². The Labute approximate surface area is 509 Å². The van der Waals surface area contributed by atoms with E-state index in [1.807, 2.05) is 0 Å². The Kier molecular flexibility index (Phi) is 64.0. The zero-order valence-electron chi connectivity index (χ0n) is 52.9. The van der Waals surface area contributed by atoms with Crippen molar-refractivity contribution in [2.75, 3.05) is 13.2 Å². The van der Waals surface area contributed by atoms with Crippen molar-refractivity contribution >= 4 is 17.9 Å². The van der Waals surface area contributed by atoms with Gasteiger partial charge in [-0.3, -0.25) is 14.4 Å². The maximum absolute atomic E-state index is 12.9. The molecule has 462 valence electrons. The molecular weight excluding hydrogens is 1020 g/mol. The van der Waals surface area contributed by atoms with Gasteiger partial charge in [0.2, 0.25) is 0 Å². The molecule has 6 nitrogen and oxygen atoms in total. The molecule has 0 aliphatic carbocycles. The maximum atomic E-state index is 12.9. The molecule has 0 bridgehead atoms. The van der Waals surface area contributed by atoms with Gasteiger partial charge >= 0.3 is 17.9 Å². The SMILES string of the molecule is CC/C=C\C/C=C\C/C=C\C/C=C\C/C=C\C/C=C\C/C=C\C/C=C\C/C=C\CCCCCCCC(=O)OCC(COC(=O)CCCCCCC/C=C\C/C=C\CCCCC)OC(=O)CCC/C=C\C/C=C\C/C=C\C/C=C\C/C=C\CC. The third-order valence-electron chi connectivity index (χ3n) is 13.1. The van der Waals surface area contributed by atoms with Crippen LogP contribution in [0, 0.1) is 0 Å². The average Bonchev–Trinajstić information content (AvgIpc) is 3.49. The predicted octanol–water partition coefficient (Wildman–Crippen LogP) is 23.0. The van der Waals surface area contributed by atoms with Crippen LogP contribution in [0.3, 0.4) is 0 Å². The van der Waals surface area contributed by atoms with Crippen molar-refractivity contribution in [3.8, 4) is 0 Å². The van der Waals surface area contributed by atoms with Crippen LogP contribution in [0.4, 0.5) is 0 Å². The van der Waals surface area contributed by atoms with E-state index in [2.05, 4.69) is 215 Å². The van der Waals surface area contributed by atoms with E-state index in [9.17, 15) is 14.4 Å². The van der Waals surface area contributed by atoms with Gasteiger partial charge in [-0.25, -0.2) is 0 Å². The molecular formula is C77H118O6. The number of esters is 3. The Hall–Kier alpha value is -5.75. The van der Waals surface area contributed by atoms with E-state index in [4.69, 9.17) is 14.2 Å². The average molecular weight is 1140 g/mol. The third kappa shape index (κ3) is 66.9. The predicted molar refractivity (Wildman–Crippen MR) is 361 cm³/mol. The zero-order chi connectivity index (χ0) is 59.9. The van der Waals surface area contributed by atoms with Gasteiger partial charge in [0.15, 0.2) is 6.10 Å². The second kappa shape index (κ2) is 68.7. The molecule has 0 aliphatic heterocycles. The molecule has 0 rings (SSSR count). The van der Waals surface area contributed by atoms with Gasteiger partial charge in [0.25, 0.3) is 0 Å². The summed E-state index contributed by atoms with van der Waals surface area (Å²) in [5.74, 6) is -1.02. The van der Waals surface area contributed by atoms with Gasteiger partial charge in [-0.1, -0.05) is 267 Å². The van der Waals surface area contributed by atoms with E-state index in [-0.39, 0.29) is 37.5 Å². The quantitative estimate of drug-likeness (QED) is 0.0261. The molecule has 0 radical (unpaired) electrons. The highest BCUT2D eigenvalue weighted by Gasteiger charge is 2.19. The number of allylic oxidation sites excluding steroid dienone is 32. The molecule has 0 amide bonds.